The second-order valence-corrected chi connectivity index (χ2v) is 7.61. The molecule has 0 saturated heterocycles. The molecule has 1 atom stereocenters. The minimum atomic E-state index is -0.218. The largest absolute Gasteiger partial charge is 0.484 e. The first kappa shape index (κ1) is 18.8. The van der Waals surface area contributed by atoms with Crippen LogP contribution < -0.4 is 10.1 Å². The predicted molar refractivity (Wildman–Crippen MR) is 110 cm³/mol. The molecule has 0 bridgehead atoms. The van der Waals surface area contributed by atoms with E-state index in [0.717, 1.165) is 21.4 Å². The van der Waals surface area contributed by atoms with Gasteiger partial charge in [0.2, 0.25) is 0 Å². The first-order valence-electron chi connectivity index (χ1n) is 8.70. The van der Waals surface area contributed by atoms with Gasteiger partial charge in [-0.05, 0) is 35.0 Å². The third-order valence-corrected chi connectivity index (χ3v) is 5.14. The van der Waals surface area contributed by atoms with Crippen LogP contribution in [0.1, 0.15) is 13.3 Å². The minimum absolute atomic E-state index is 0.0644. The molecule has 5 heteroatoms. The molecule has 4 nitrogen and oxygen atoms in total. The molecule has 0 fully saturated rings. The van der Waals surface area contributed by atoms with Gasteiger partial charge in [0.15, 0.2) is 6.61 Å². The van der Waals surface area contributed by atoms with Crippen LogP contribution in [-0.2, 0) is 4.79 Å². The van der Waals surface area contributed by atoms with Gasteiger partial charge in [0.05, 0.1) is 11.8 Å². The Morgan fingerprint density at radius 1 is 1.11 bits per heavy atom. The van der Waals surface area contributed by atoms with E-state index < -0.39 is 0 Å². The molecular formula is C22H20N2O2S. The van der Waals surface area contributed by atoms with Crippen molar-refractivity contribution in [2.45, 2.75) is 23.5 Å². The quantitative estimate of drug-likeness (QED) is 0.572. The van der Waals surface area contributed by atoms with E-state index in [1.54, 1.807) is 11.8 Å². The van der Waals surface area contributed by atoms with Crippen molar-refractivity contribution in [3.05, 3.63) is 66.7 Å². The first-order chi connectivity index (χ1) is 13.2. The number of amides is 1. The number of nitrogens with zero attached hydrogens (tertiary/aromatic N) is 1. The van der Waals surface area contributed by atoms with Crippen LogP contribution in [0.3, 0.4) is 0 Å². The number of nitrogens with one attached hydrogen (secondary N) is 1. The fraction of sp³-hybridized carbons (Fsp3) is 0.182. The number of carbonyl (C=O) groups excluding carboxylic acids is 1. The average molecular weight is 376 g/mol. The van der Waals surface area contributed by atoms with Crippen molar-refractivity contribution in [2.75, 3.05) is 11.9 Å². The lowest BCUT2D eigenvalue weighted by Gasteiger charge is -2.13. The number of hydrogen-bond acceptors (Lipinski definition) is 4. The monoisotopic (exact) mass is 376 g/mol. The molecule has 0 spiro atoms. The fourth-order valence-electron chi connectivity index (χ4n) is 2.65. The number of para-hydroxylation sites is 1. The Bertz CT molecular complexity index is 981. The van der Waals surface area contributed by atoms with E-state index in [0.29, 0.717) is 12.2 Å². The molecular weight excluding hydrogens is 356 g/mol. The van der Waals surface area contributed by atoms with E-state index in [-0.39, 0.29) is 17.8 Å². The summed E-state index contributed by atoms with van der Waals surface area (Å²) in [5.41, 5.74) is 0.736. The van der Waals surface area contributed by atoms with Crippen LogP contribution in [0.25, 0.3) is 10.8 Å². The first-order valence-corrected chi connectivity index (χ1v) is 9.58. The highest BCUT2D eigenvalue weighted by atomic mass is 32.2. The average Bonchev–Trinajstić information content (AvgIpc) is 2.68. The van der Waals surface area contributed by atoms with Gasteiger partial charge < -0.3 is 10.1 Å². The molecule has 0 aliphatic carbocycles. The van der Waals surface area contributed by atoms with Gasteiger partial charge in [0.1, 0.15) is 5.75 Å². The summed E-state index contributed by atoms with van der Waals surface area (Å²) in [6, 6.07) is 23.5. The molecule has 0 saturated carbocycles. The highest BCUT2D eigenvalue weighted by Gasteiger charge is 2.11. The number of ether oxygens (including phenoxy) is 1. The third-order valence-electron chi connectivity index (χ3n) is 3.96. The summed E-state index contributed by atoms with van der Waals surface area (Å²) in [7, 11) is 0. The van der Waals surface area contributed by atoms with Crippen molar-refractivity contribution in [1.82, 2.24) is 0 Å². The van der Waals surface area contributed by atoms with Crippen molar-refractivity contribution < 1.29 is 9.53 Å². The minimum Gasteiger partial charge on any atom is -0.484 e. The lowest BCUT2D eigenvalue weighted by molar-refractivity contribution is -0.118. The summed E-state index contributed by atoms with van der Waals surface area (Å²) >= 11 is 1.57. The van der Waals surface area contributed by atoms with Crippen LogP contribution in [-0.4, -0.2) is 17.8 Å². The zero-order chi connectivity index (χ0) is 19.1. The maximum atomic E-state index is 12.3. The summed E-state index contributed by atoms with van der Waals surface area (Å²) in [5.74, 6) is 0.443. The Morgan fingerprint density at radius 2 is 1.85 bits per heavy atom. The molecule has 0 aliphatic rings. The lowest BCUT2D eigenvalue weighted by atomic mass is 10.1. The highest BCUT2D eigenvalue weighted by Crippen LogP contribution is 2.31. The van der Waals surface area contributed by atoms with E-state index in [2.05, 4.69) is 11.4 Å². The van der Waals surface area contributed by atoms with Gasteiger partial charge in [-0.1, -0.05) is 49.4 Å². The summed E-state index contributed by atoms with van der Waals surface area (Å²) in [6.45, 7) is 1.93. The van der Waals surface area contributed by atoms with Crippen LogP contribution in [0.5, 0.6) is 5.75 Å². The van der Waals surface area contributed by atoms with Gasteiger partial charge in [-0.3, -0.25) is 4.79 Å². The number of hydrogen-bond donors (Lipinski definition) is 1. The molecule has 0 aromatic heterocycles. The lowest BCUT2D eigenvalue weighted by Crippen LogP contribution is -2.20. The second-order valence-electron chi connectivity index (χ2n) is 6.13. The topological polar surface area (TPSA) is 62.1 Å². The zero-order valence-corrected chi connectivity index (χ0v) is 15.8. The van der Waals surface area contributed by atoms with Crippen LogP contribution >= 0.6 is 11.8 Å². The molecule has 1 N–H and O–H groups in total. The van der Waals surface area contributed by atoms with Crippen molar-refractivity contribution in [3.63, 3.8) is 0 Å². The van der Waals surface area contributed by atoms with Crippen LogP contribution in [0.15, 0.2) is 71.6 Å². The number of rotatable bonds is 7. The molecule has 3 aromatic carbocycles. The summed E-state index contributed by atoms with van der Waals surface area (Å²) in [6.07, 6.45) is 0.456. The molecule has 0 radical (unpaired) electrons. The van der Waals surface area contributed by atoms with E-state index >= 15 is 0 Å². The van der Waals surface area contributed by atoms with Crippen molar-refractivity contribution in [2.24, 2.45) is 0 Å². The van der Waals surface area contributed by atoms with E-state index in [4.69, 9.17) is 10.00 Å². The Hall–Kier alpha value is -2.97. The fourth-order valence-corrected chi connectivity index (χ4v) is 3.65. The van der Waals surface area contributed by atoms with Crippen molar-refractivity contribution in [3.8, 4) is 11.8 Å². The standard InChI is InChI=1S/C22H20N2O2S/c1-16(12-13-23)27-21-9-5-4-8-20(21)24-22(25)15-26-19-11-10-17-6-2-3-7-18(17)14-19/h2-11,14,16H,12,15H2,1H3,(H,24,25). The number of anilines is 1. The zero-order valence-electron chi connectivity index (χ0n) is 15.0. The van der Waals surface area contributed by atoms with E-state index in [1.165, 1.54) is 0 Å². The van der Waals surface area contributed by atoms with E-state index in [1.807, 2.05) is 73.7 Å². The van der Waals surface area contributed by atoms with Crippen LogP contribution in [0.4, 0.5) is 5.69 Å². The Labute approximate surface area is 163 Å². The Kier molecular flexibility index (Phi) is 6.35. The van der Waals surface area contributed by atoms with Gasteiger partial charge >= 0.3 is 0 Å². The number of nitriles is 1. The summed E-state index contributed by atoms with van der Waals surface area (Å²) in [4.78, 5) is 13.3. The Balaban J connectivity index is 1.61. The SMILES string of the molecule is CC(CC#N)Sc1ccccc1NC(=O)COc1ccc2ccccc2c1. The van der Waals surface area contributed by atoms with Gasteiger partial charge in [-0.2, -0.15) is 5.26 Å². The highest BCUT2D eigenvalue weighted by molar-refractivity contribution is 8.00. The predicted octanol–water partition coefficient (Wildman–Crippen LogP) is 5.25. The normalized spacial score (nSPS) is 11.6. The molecule has 1 unspecified atom stereocenters. The van der Waals surface area contributed by atoms with Crippen LogP contribution in [0.2, 0.25) is 0 Å². The second kappa shape index (κ2) is 9.11. The molecule has 3 aromatic rings. The number of thioether (sulfide) groups is 1. The van der Waals surface area contributed by atoms with Gasteiger partial charge in [-0.15, -0.1) is 11.8 Å². The van der Waals surface area contributed by atoms with Crippen molar-refractivity contribution >= 4 is 34.1 Å². The summed E-state index contributed by atoms with van der Waals surface area (Å²) in [5, 5.41) is 14.1. The van der Waals surface area contributed by atoms with Gasteiger partial charge in [0, 0.05) is 16.6 Å². The van der Waals surface area contributed by atoms with Crippen LogP contribution in [0, 0.1) is 11.3 Å². The molecule has 0 heterocycles. The third kappa shape index (κ3) is 5.25. The molecule has 136 valence electrons. The maximum absolute atomic E-state index is 12.3. The maximum Gasteiger partial charge on any atom is 0.262 e. The van der Waals surface area contributed by atoms with Gasteiger partial charge in [-0.25, -0.2) is 0 Å². The smallest absolute Gasteiger partial charge is 0.262 e. The Morgan fingerprint density at radius 3 is 2.67 bits per heavy atom. The molecule has 0 aliphatic heterocycles. The van der Waals surface area contributed by atoms with Gasteiger partial charge in [0.25, 0.3) is 5.91 Å². The number of carbonyl (C=O) groups is 1. The molecule has 1 amide bonds. The number of fused-ring (bicyclic) bond motifs is 1. The van der Waals surface area contributed by atoms with Crippen molar-refractivity contribution in [1.29, 1.82) is 5.26 Å². The number of benzene rings is 3. The molecule has 27 heavy (non-hydrogen) atoms. The summed E-state index contributed by atoms with van der Waals surface area (Å²) < 4.78 is 5.65. The molecule has 3 rings (SSSR count). The van der Waals surface area contributed by atoms with E-state index in [9.17, 15) is 4.79 Å².